The molecule has 2 aliphatic rings. The number of benzene rings is 1. The molecule has 0 radical (unpaired) electrons. The number of halogens is 1. The van der Waals surface area contributed by atoms with Gasteiger partial charge in [0.25, 0.3) is 0 Å². The normalized spacial score (nSPS) is 29.6. The molecule has 0 unspecified atom stereocenters. The Balaban J connectivity index is 1.60. The summed E-state index contributed by atoms with van der Waals surface area (Å²) in [7, 11) is 0. The summed E-state index contributed by atoms with van der Waals surface area (Å²) in [6.45, 7) is 2.31. The summed E-state index contributed by atoms with van der Waals surface area (Å²) < 4.78 is 12.9. The van der Waals surface area contributed by atoms with Gasteiger partial charge in [0.15, 0.2) is 0 Å². The number of hydrogen-bond donors (Lipinski definition) is 1. The van der Waals surface area contributed by atoms with Gasteiger partial charge < -0.3 is 10.6 Å². The first-order valence-electron chi connectivity index (χ1n) is 6.93. The van der Waals surface area contributed by atoms with Gasteiger partial charge in [0.1, 0.15) is 5.82 Å². The Kier molecular flexibility index (Phi) is 3.27. The second kappa shape index (κ2) is 4.93. The summed E-state index contributed by atoms with van der Waals surface area (Å²) in [4.78, 5) is 14.3. The monoisotopic (exact) mass is 262 g/mol. The second-order valence-electron chi connectivity index (χ2n) is 5.67. The zero-order chi connectivity index (χ0) is 13.4. The summed E-state index contributed by atoms with van der Waals surface area (Å²) in [5.74, 6) is 0.877. The molecule has 1 heterocycles. The Bertz CT molecular complexity index is 474. The average molecular weight is 262 g/mol. The Morgan fingerprint density at radius 2 is 2.11 bits per heavy atom. The summed E-state index contributed by atoms with van der Waals surface area (Å²) in [6.07, 6.45) is 1.92. The lowest BCUT2D eigenvalue weighted by Crippen LogP contribution is -2.31. The van der Waals surface area contributed by atoms with Crippen LogP contribution in [0.2, 0.25) is 0 Å². The standard InChI is InChI=1S/C15H19FN2O/c16-12-3-1-11(2-4-12)13-7-14(13)15(19)18-6-5-10(8-17)9-18/h1-4,10,13-14H,5-9,17H2/t10-,13-,14+/m0/s1. The second-order valence-corrected chi connectivity index (χ2v) is 5.67. The molecule has 0 aromatic heterocycles. The van der Waals surface area contributed by atoms with Crippen LogP contribution in [0.25, 0.3) is 0 Å². The van der Waals surface area contributed by atoms with Crippen LogP contribution in [0.3, 0.4) is 0 Å². The van der Waals surface area contributed by atoms with Crippen molar-refractivity contribution in [1.29, 1.82) is 0 Å². The SMILES string of the molecule is NC[C@@H]1CCN(C(=O)[C@@H]2C[C@H]2c2ccc(F)cc2)C1. The van der Waals surface area contributed by atoms with Crippen LogP contribution in [-0.4, -0.2) is 30.4 Å². The van der Waals surface area contributed by atoms with Gasteiger partial charge >= 0.3 is 0 Å². The third kappa shape index (κ3) is 2.50. The molecule has 1 aliphatic carbocycles. The number of rotatable bonds is 3. The maximum Gasteiger partial charge on any atom is 0.226 e. The summed E-state index contributed by atoms with van der Waals surface area (Å²) in [5, 5.41) is 0. The van der Waals surface area contributed by atoms with Crippen molar-refractivity contribution in [3.05, 3.63) is 35.6 Å². The van der Waals surface area contributed by atoms with E-state index in [1.165, 1.54) is 12.1 Å². The lowest BCUT2D eigenvalue weighted by atomic mass is 10.1. The van der Waals surface area contributed by atoms with Gasteiger partial charge in [-0.05, 0) is 48.9 Å². The van der Waals surface area contributed by atoms with Crippen molar-refractivity contribution in [3.8, 4) is 0 Å². The van der Waals surface area contributed by atoms with Gasteiger partial charge in [0.05, 0.1) is 0 Å². The first-order chi connectivity index (χ1) is 9.19. The van der Waals surface area contributed by atoms with Crippen molar-refractivity contribution in [3.63, 3.8) is 0 Å². The zero-order valence-electron chi connectivity index (χ0n) is 10.9. The van der Waals surface area contributed by atoms with Gasteiger partial charge in [0.2, 0.25) is 5.91 Å². The molecule has 19 heavy (non-hydrogen) atoms. The molecule has 2 N–H and O–H groups in total. The molecule has 4 heteroatoms. The summed E-state index contributed by atoms with van der Waals surface area (Å²) in [5.41, 5.74) is 6.73. The van der Waals surface area contributed by atoms with Crippen molar-refractivity contribution in [2.45, 2.75) is 18.8 Å². The van der Waals surface area contributed by atoms with E-state index >= 15 is 0 Å². The molecule has 0 bridgehead atoms. The van der Waals surface area contributed by atoms with Crippen molar-refractivity contribution >= 4 is 5.91 Å². The molecular weight excluding hydrogens is 243 g/mol. The number of nitrogens with two attached hydrogens (primary N) is 1. The molecule has 0 spiro atoms. The van der Waals surface area contributed by atoms with Gasteiger partial charge in [-0.25, -0.2) is 4.39 Å². The van der Waals surface area contributed by atoms with Gasteiger partial charge in [-0.2, -0.15) is 0 Å². The largest absolute Gasteiger partial charge is 0.342 e. The minimum absolute atomic E-state index is 0.0991. The van der Waals surface area contributed by atoms with Crippen molar-refractivity contribution < 1.29 is 9.18 Å². The minimum atomic E-state index is -0.224. The van der Waals surface area contributed by atoms with Crippen LogP contribution in [0.15, 0.2) is 24.3 Å². The third-order valence-corrected chi connectivity index (χ3v) is 4.34. The van der Waals surface area contributed by atoms with E-state index in [0.29, 0.717) is 12.5 Å². The fraction of sp³-hybridized carbons (Fsp3) is 0.533. The van der Waals surface area contributed by atoms with E-state index in [4.69, 9.17) is 5.73 Å². The number of hydrogen-bond acceptors (Lipinski definition) is 2. The van der Waals surface area contributed by atoms with Gasteiger partial charge in [-0.15, -0.1) is 0 Å². The highest BCUT2D eigenvalue weighted by molar-refractivity contribution is 5.83. The fourth-order valence-electron chi connectivity index (χ4n) is 3.01. The Morgan fingerprint density at radius 3 is 2.74 bits per heavy atom. The molecule has 102 valence electrons. The molecule has 2 fully saturated rings. The highest BCUT2D eigenvalue weighted by Crippen LogP contribution is 2.48. The van der Waals surface area contributed by atoms with Gasteiger partial charge in [0, 0.05) is 19.0 Å². The molecule has 3 rings (SSSR count). The molecular formula is C15H19FN2O. The average Bonchev–Trinajstić information content (AvgIpc) is 3.07. The van der Waals surface area contributed by atoms with E-state index in [1.807, 2.05) is 4.90 Å². The number of likely N-dealkylation sites (tertiary alicyclic amines) is 1. The molecule has 1 saturated heterocycles. The fourth-order valence-corrected chi connectivity index (χ4v) is 3.01. The molecule has 1 aliphatic heterocycles. The third-order valence-electron chi connectivity index (χ3n) is 4.34. The van der Waals surface area contributed by atoms with Crippen molar-refractivity contribution in [1.82, 2.24) is 4.90 Å². The molecule has 1 amide bonds. The predicted octanol–water partition coefficient (Wildman–Crippen LogP) is 1.74. The quantitative estimate of drug-likeness (QED) is 0.902. The number of amides is 1. The lowest BCUT2D eigenvalue weighted by Gasteiger charge is -2.16. The highest BCUT2D eigenvalue weighted by Gasteiger charge is 2.46. The zero-order valence-corrected chi connectivity index (χ0v) is 10.9. The number of carbonyl (C=O) groups is 1. The van der Waals surface area contributed by atoms with E-state index in [0.717, 1.165) is 31.5 Å². The van der Waals surface area contributed by atoms with Crippen LogP contribution < -0.4 is 5.73 Å². The molecule has 1 saturated carbocycles. The maximum atomic E-state index is 12.9. The molecule has 1 aromatic carbocycles. The van der Waals surface area contributed by atoms with Crippen molar-refractivity contribution in [2.75, 3.05) is 19.6 Å². The highest BCUT2D eigenvalue weighted by atomic mass is 19.1. The summed E-state index contributed by atoms with van der Waals surface area (Å²) in [6, 6.07) is 6.52. The van der Waals surface area contributed by atoms with Crippen LogP contribution in [0.5, 0.6) is 0 Å². The van der Waals surface area contributed by atoms with Crippen LogP contribution in [0.1, 0.15) is 24.3 Å². The van der Waals surface area contributed by atoms with E-state index in [-0.39, 0.29) is 23.6 Å². The number of carbonyl (C=O) groups excluding carboxylic acids is 1. The molecule has 3 atom stereocenters. The summed E-state index contributed by atoms with van der Waals surface area (Å²) >= 11 is 0. The first kappa shape index (κ1) is 12.6. The first-order valence-corrected chi connectivity index (χ1v) is 6.93. The van der Waals surface area contributed by atoms with Gasteiger partial charge in [-0.1, -0.05) is 12.1 Å². The molecule has 1 aromatic rings. The van der Waals surface area contributed by atoms with E-state index in [9.17, 15) is 9.18 Å². The predicted molar refractivity (Wildman–Crippen MR) is 71.0 cm³/mol. The van der Waals surface area contributed by atoms with Gasteiger partial charge in [-0.3, -0.25) is 4.79 Å². The van der Waals surface area contributed by atoms with Crippen LogP contribution in [0, 0.1) is 17.7 Å². The topological polar surface area (TPSA) is 46.3 Å². The van der Waals surface area contributed by atoms with E-state index < -0.39 is 0 Å². The molecule has 3 nitrogen and oxygen atoms in total. The smallest absolute Gasteiger partial charge is 0.226 e. The Morgan fingerprint density at radius 1 is 1.37 bits per heavy atom. The van der Waals surface area contributed by atoms with E-state index in [1.54, 1.807) is 12.1 Å². The Labute approximate surface area is 112 Å². The van der Waals surface area contributed by atoms with E-state index in [2.05, 4.69) is 0 Å². The number of nitrogens with zero attached hydrogens (tertiary/aromatic N) is 1. The van der Waals surface area contributed by atoms with Crippen LogP contribution >= 0.6 is 0 Å². The minimum Gasteiger partial charge on any atom is -0.342 e. The van der Waals surface area contributed by atoms with Crippen molar-refractivity contribution in [2.24, 2.45) is 17.6 Å². The maximum absolute atomic E-state index is 12.9. The van der Waals surface area contributed by atoms with Crippen LogP contribution in [0.4, 0.5) is 4.39 Å². The van der Waals surface area contributed by atoms with Crippen LogP contribution in [-0.2, 0) is 4.79 Å². The Hall–Kier alpha value is -1.42. The lowest BCUT2D eigenvalue weighted by molar-refractivity contribution is -0.131.